The van der Waals surface area contributed by atoms with Crippen LogP contribution in [0.2, 0.25) is 0 Å². The molecule has 138 valence electrons. The predicted octanol–water partition coefficient (Wildman–Crippen LogP) is 2.48. The number of hydrogen-bond donors (Lipinski definition) is 1. The molecule has 0 radical (unpaired) electrons. The van der Waals surface area contributed by atoms with Gasteiger partial charge in [-0.05, 0) is 24.6 Å². The highest BCUT2D eigenvalue weighted by atomic mass is 16.6. The van der Waals surface area contributed by atoms with Gasteiger partial charge in [0, 0.05) is 20.3 Å². The maximum Gasteiger partial charge on any atom is 0.433 e. The Morgan fingerprint density at radius 2 is 2.19 bits per heavy atom. The number of aryl methyl sites for hydroxylation is 1. The number of nitrogens with one attached hydrogen (secondary N) is 1. The van der Waals surface area contributed by atoms with Gasteiger partial charge in [-0.15, -0.1) is 0 Å². The van der Waals surface area contributed by atoms with Gasteiger partial charge in [-0.3, -0.25) is 14.9 Å². The summed E-state index contributed by atoms with van der Waals surface area (Å²) in [5.74, 6) is 0.407. The van der Waals surface area contributed by atoms with Crippen LogP contribution in [0, 0.1) is 10.1 Å². The van der Waals surface area contributed by atoms with Crippen molar-refractivity contribution in [2.45, 2.75) is 13.0 Å². The summed E-state index contributed by atoms with van der Waals surface area (Å²) in [6, 6.07) is 6.36. The molecular weight excluding hydrogens is 354 g/mol. The lowest BCUT2D eigenvalue weighted by atomic mass is 10.2. The Labute approximate surface area is 151 Å². The molecule has 4 rings (SSSR count). The number of ether oxygens (including phenoxy) is 1. The zero-order chi connectivity index (χ0) is 19.0. The van der Waals surface area contributed by atoms with Crippen LogP contribution in [-0.2, 0) is 11.3 Å². The first kappa shape index (κ1) is 16.9. The second-order valence-electron chi connectivity index (χ2n) is 5.93. The van der Waals surface area contributed by atoms with Crippen LogP contribution in [-0.4, -0.2) is 38.2 Å². The fraction of sp³-hybridized carbons (Fsp3) is 0.235. The Kier molecular flexibility index (Phi) is 4.16. The Bertz CT molecular complexity index is 1210. The van der Waals surface area contributed by atoms with E-state index in [0.717, 1.165) is 11.9 Å². The normalized spacial score (nSPS) is 11.4. The minimum absolute atomic E-state index is 0.292. The number of imidazole rings is 1. The third-order valence-corrected chi connectivity index (χ3v) is 4.17. The Hall–Kier alpha value is -3.53. The standard InChI is InChI=1S/C17H15N5O5/c1-26-6-2-5-21-13-8-10-11(19-15(23)9-18-10)7-12(13)20-17(21)14-3-4-16(27-14)22(24)25/h3-4,7-9H,2,5-6H2,1H3,(H,19,23). The SMILES string of the molecule is COCCCn1c(-c2ccc([N+](=O)[O-])o2)nc2cc3[nH]c(=O)cnc3cc21. The molecule has 0 saturated carbocycles. The van der Waals surface area contributed by atoms with Gasteiger partial charge < -0.3 is 18.7 Å². The highest BCUT2D eigenvalue weighted by Gasteiger charge is 2.20. The van der Waals surface area contributed by atoms with Gasteiger partial charge in [-0.25, -0.2) is 9.97 Å². The lowest BCUT2D eigenvalue weighted by molar-refractivity contribution is -0.401. The van der Waals surface area contributed by atoms with E-state index in [1.165, 1.54) is 18.3 Å². The summed E-state index contributed by atoms with van der Waals surface area (Å²) in [6.07, 6.45) is 1.94. The summed E-state index contributed by atoms with van der Waals surface area (Å²) < 4.78 is 12.4. The number of aromatic nitrogens is 4. The largest absolute Gasteiger partial charge is 0.433 e. The third kappa shape index (κ3) is 3.06. The van der Waals surface area contributed by atoms with Crippen LogP contribution in [0.15, 0.2) is 39.7 Å². The number of rotatable bonds is 6. The first-order chi connectivity index (χ1) is 13.1. The van der Waals surface area contributed by atoms with Gasteiger partial charge in [0.2, 0.25) is 0 Å². The summed E-state index contributed by atoms with van der Waals surface area (Å²) >= 11 is 0. The zero-order valence-corrected chi connectivity index (χ0v) is 14.3. The third-order valence-electron chi connectivity index (χ3n) is 4.17. The van der Waals surface area contributed by atoms with Gasteiger partial charge >= 0.3 is 5.88 Å². The number of benzene rings is 1. The highest BCUT2D eigenvalue weighted by molar-refractivity contribution is 5.92. The summed E-state index contributed by atoms with van der Waals surface area (Å²) in [5, 5.41) is 10.9. The molecule has 0 aliphatic carbocycles. The van der Waals surface area contributed by atoms with Crippen molar-refractivity contribution in [3.63, 3.8) is 0 Å². The molecule has 10 nitrogen and oxygen atoms in total. The van der Waals surface area contributed by atoms with E-state index in [9.17, 15) is 14.9 Å². The molecule has 0 aliphatic heterocycles. The summed E-state index contributed by atoms with van der Waals surface area (Å²) in [5.41, 5.74) is 2.29. The predicted molar refractivity (Wildman–Crippen MR) is 96.5 cm³/mol. The molecule has 4 aromatic rings. The molecule has 0 bridgehead atoms. The molecule has 27 heavy (non-hydrogen) atoms. The van der Waals surface area contributed by atoms with E-state index in [1.54, 1.807) is 13.2 Å². The van der Waals surface area contributed by atoms with E-state index in [-0.39, 0.29) is 11.4 Å². The van der Waals surface area contributed by atoms with Crippen LogP contribution in [0.5, 0.6) is 0 Å². The van der Waals surface area contributed by atoms with Crippen LogP contribution in [0.3, 0.4) is 0 Å². The number of nitrogens with zero attached hydrogens (tertiary/aromatic N) is 4. The summed E-state index contributed by atoms with van der Waals surface area (Å²) in [6.45, 7) is 1.12. The molecule has 1 aromatic carbocycles. The van der Waals surface area contributed by atoms with E-state index in [1.807, 2.05) is 10.6 Å². The second-order valence-corrected chi connectivity index (χ2v) is 5.93. The molecule has 0 unspecified atom stereocenters. The Morgan fingerprint density at radius 1 is 1.33 bits per heavy atom. The average molecular weight is 369 g/mol. The maximum atomic E-state index is 11.5. The summed E-state index contributed by atoms with van der Waals surface area (Å²) in [7, 11) is 1.62. The van der Waals surface area contributed by atoms with Gasteiger partial charge in [0.25, 0.3) is 5.56 Å². The van der Waals surface area contributed by atoms with Gasteiger partial charge in [-0.2, -0.15) is 0 Å². The van der Waals surface area contributed by atoms with Crippen molar-refractivity contribution >= 4 is 28.0 Å². The minimum Gasteiger partial charge on any atom is -0.397 e. The smallest absolute Gasteiger partial charge is 0.397 e. The number of furan rings is 1. The van der Waals surface area contributed by atoms with E-state index >= 15 is 0 Å². The van der Waals surface area contributed by atoms with Crippen molar-refractivity contribution in [1.82, 2.24) is 19.5 Å². The molecular formula is C17H15N5O5. The van der Waals surface area contributed by atoms with E-state index in [4.69, 9.17) is 9.15 Å². The van der Waals surface area contributed by atoms with Gasteiger partial charge in [0.05, 0.1) is 34.3 Å². The van der Waals surface area contributed by atoms with E-state index in [2.05, 4.69) is 15.0 Å². The number of aromatic amines is 1. The molecule has 3 heterocycles. The van der Waals surface area contributed by atoms with E-state index < -0.39 is 4.92 Å². The van der Waals surface area contributed by atoms with Crippen molar-refractivity contribution in [3.05, 3.63) is 50.9 Å². The number of hydrogen-bond acceptors (Lipinski definition) is 7. The molecule has 3 aromatic heterocycles. The van der Waals surface area contributed by atoms with Crippen LogP contribution >= 0.6 is 0 Å². The molecule has 0 spiro atoms. The Morgan fingerprint density at radius 3 is 2.93 bits per heavy atom. The molecule has 0 aliphatic rings. The lowest BCUT2D eigenvalue weighted by Crippen LogP contribution is -2.05. The van der Waals surface area contributed by atoms with Crippen LogP contribution in [0.1, 0.15) is 6.42 Å². The number of nitro groups is 1. The monoisotopic (exact) mass is 369 g/mol. The zero-order valence-electron chi connectivity index (χ0n) is 14.3. The van der Waals surface area contributed by atoms with Crippen LogP contribution in [0.25, 0.3) is 33.7 Å². The first-order valence-electron chi connectivity index (χ1n) is 8.19. The number of methoxy groups -OCH3 is 1. The summed E-state index contributed by atoms with van der Waals surface area (Å²) in [4.78, 5) is 33.3. The lowest BCUT2D eigenvalue weighted by Gasteiger charge is -2.07. The van der Waals surface area contributed by atoms with Crippen molar-refractivity contribution in [3.8, 4) is 11.6 Å². The average Bonchev–Trinajstić information content (AvgIpc) is 3.25. The number of H-pyrrole nitrogens is 1. The van der Waals surface area contributed by atoms with Crippen LogP contribution in [0.4, 0.5) is 5.88 Å². The Balaban J connectivity index is 1.91. The molecule has 0 fully saturated rings. The van der Waals surface area contributed by atoms with Gasteiger partial charge in [-0.1, -0.05) is 0 Å². The minimum atomic E-state index is -0.593. The molecule has 0 atom stereocenters. The van der Waals surface area contributed by atoms with Crippen molar-refractivity contribution in [2.75, 3.05) is 13.7 Å². The topological polar surface area (TPSA) is 129 Å². The van der Waals surface area contributed by atoms with Gasteiger partial charge in [0.15, 0.2) is 11.6 Å². The van der Waals surface area contributed by atoms with Crippen LogP contribution < -0.4 is 5.56 Å². The fourth-order valence-corrected chi connectivity index (χ4v) is 2.99. The van der Waals surface area contributed by atoms with Crippen molar-refractivity contribution in [2.24, 2.45) is 0 Å². The molecule has 0 saturated heterocycles. The highest BCUT2D eigenvalue weighted by Crippen LogP contribution is 2.30. The van der Waals surface area contributed by atoms with Crippen molar-refractivity contribution < 1.29 is 14.1 Å². The van der Waals surface area contributed by atoms with Gasteiger partial charge in [0.1, 0.15) is 4.92 Å². The first-order valence-corrected chi connectivity index (χ1v) is 8.19. The molecule has 1 N–H and O–H groups in total. The van der Waals surface area contributed by atoms with Crippen molar-refractivity contribution in [1.29, 1.82) is 0 Å². The number of fused-ring (bicyclic) bond motifs is 2. The molecule has 0 amide bonds. The second kappa shape index (κ2) is 6.65. The fourth-order valence-electron chi connectivity index (χ4n) is 2.99. The quantitative estimate of drug-likeness (QED) is 0.314. The molecule has 10 heteroatoms. The maximum absolute atomic E-state index is 11.5. The van der Waals surface area contributed by atoms with E-state index in [0.29, 0.717) is 41.3 Å².